The maximum atomic E-state index is 13.9. The molecule has 0 atom stereocenters. The average Bonchev–Trinajstić information content (AvgIpc) is 3.12. The second-order valence-electron chi connectivity index (χ2n) is 5.59. The number of halogens is 1. The maximum Gasteiger partial charge on any atom is 0.255 e. The molecule has 0 bridgehead atoms. The first kappa shape index (κ1) is 18.2. The summed E-state index contributed by atoms with van der Waals surface area (Å²) in [6.45, 7) is 1.93. The van der Waals surface area contributed by atoms with Gasteiger partial charge in [-0.25, -0.2) is 4.39 Å². The lowest BCUT2D eigenvalue weighted by molar-refractivity contribution is -0.111. The monoisotopic (exact) mass is 368 g/mol. The fourth-order valence-corrected chi connectivity index (χ4v) is 2.37. The quantitative estimate of drug-likeness (QED) is 0.620. The first-order chi connectivity index (χ1) is 13.1. The molecule has 2 N–H and O–H groups in total. The Morgan fingerprint density at radius 2 is 1.85 bits per heavy atom. The van der Waals surface area contributed by atoms with Crippen LogP contribution in [-0.4, -0.2) is 18.6 Å². The van der Waals surface area contributed by atoms with Gasteiger partial charge in [0, 0.05) is 17.3 Å². The number of ether oxygens (including phenoxy) is 2. The smallest absolute Gasteiger partial charge is 0.255 e. The van der Waals surface area contributed by atoms with E-state index >= 15 is 0 Å². The Labute approximate surface area is 155 Å². The summed E-state index contributed by atoms with van der Waals surface area (Å²) < 4.78 is 24.4. The summed E-state index contributed by atoms with van der Waals surface area (Å²) in [5.74, 6) is -0.424. The van der Waals surface area contributed by atoms with Crippen LogP contribution in [0, 0.1) is 5.82 Å². The molecule has 1 heterocycles. The summed E-state index contributed by atoms with van der Waals surface area (Å²) in [6.07, 6.45) is 6.25. The van der Waals surface area contributed by atoms with E-state index < -0.39 is 17.6 Å². The van der Waals surface area contributed by atoms with Crippen molar-refractivity contribution in [1.82, 2.24) is 0 Å². The van der Waals surface area contributed by atoms with Crippen molar-refractivity contribution in [3.05, 3.63) is 72.1 Å². The van der Waals surface area contributed by atoms with Gasteiger partial charge >= 0.3 is 0 Å². The van der Waals surface area contributed by atoms with E-state index in [0.717, 1.165) is 0 Å². The fourth-order valence-electron chi connectivity index (χ4n) is 2.37. The Morgan fingerprint density at radius 3 is 2.67 bits per heavy atom. The van der Waals surface area contributed by atoms with Crippen LogP contribution < -0.4 is 20.1 Å². The van der Waals surface area contributed by atoms with Crippen LogP contribution in [0.25, 0.3) is 0 Å². The molecule has 6 nitrogen and oxygen atoms in total. The van der Waals surface area contributed by atoms with E-state index in [-0.39, 0.29) is 12.5 Å². The first-order valence-electron chi connectivity index (χ1n) is 8.17. The van der Waals surface area contributed by atoms with Gasteiger partial charge in [0.2, 0.25) is 12.7 Å². The van der Waals surface area contributed by atoms with Gasteiger partial charge in [-0.15, -0.1) is 0 Å². The number of hydrogen-bond acceptors (Lipinski definition) is 4. The average molecular weight is 368 g/mol. The molecule has 0 aliphatic carbocycles. The molecule has 0 radical (unpaired) electrons. The Balaban J connectivity index is 1.72. The molecule has 7 heteroatoms. The van der Waals surface area contributed by atoms with E-state index in [1.54, 1.807) is 36.4 Å². The zero-order valence-corrected chi connectivity index (χ0v) is 14.5. The van der Waals surface area contributed by atoms with Crippen LogP contribution in [0.3, 0.4) is 0 Å². The molecule has 3 rings (SSSR count). The van der Waals surface area contributed by atoms with Crippen molar-refractivity contribution in [3.8, 4) is 11.5 Å². The molecule has 0 saturated carbocycles. The van der Waals surface area contributed by atoms with Crippen molar-refractivity contribution >= 4 is 23.2 Å². The molecule has 0 aromatic heterocycles. The number of amides is 2. The SMILES string of the molecule is C/C=C/C=C/C(=O)Nc1cc(NC(=O)c2ccc3c(c2)OCO3)ccc1F. The molecule has 2 aromatic rings. The van der Waals surface area contributed by atoms with Crippen LogP contribution in [0.2, 0.25) is 0 Å². The van der Waals surface area contributed by atoms with Gasteiger partial charge in [0.15, 0.2) is 11.5 Å². The van der Waals surface area contributed by atoms with Crippen LogP contribution in [-0.2, 0) is 4.79 Å². The highest BCUT2D eigenvalue weighted by Gasteiger charge is 2.16. The third-order valence-electron chi connectivity index (χ3n) is 3.67. The number of carbonyl (C=O) groups is 2. The number of fused-ring (bicyclic) bond motifs is 1. The van der Waals surface area contributed by atoms with Gasteiger partial charge in [0.25, 0.3) is 5.91 Å². The topological polar surface area (TPSA) is 76.7 Å². The molecular weight excluding hydrogens is 351 g/mol. The largest absolute Gasteiger partial charge is 0.454 e. The zero-order valence-electron chi connectivity index (χ0n) is 14.5. The van der Waals surface area contributed by atoms with E-state index in [1.807, 2.05) is 6.92 Å². The molecule has 0 saturated heterocycles. The summed E-state index contributed by atoms with van der Waals surface area (Å²) in [7, 11) is 0. The van der Waals surface area contributed by atoms with Gasteiger partial charge in [-0.05, 0) is 43.3 Å². The lowest BCUT2D eigenvalue weighted by atomic mass is 10.1. The van der Waals surface area contributed by atoms with Crippen LogP contribution in [0.15, 0.2) is 60.7 Å². The Morgan fingerprint density at radius 1 is 1.04 bits per heavy atom. The maximum absolute atomic E-state index is 13.9. The van der Waals surface area contributed by atoms with Crippen LogP contribution >= 0.6 is 0 Å². The molecule has 2 aromatic carbocycles. The third kappa shape index (κ3) is 4.52. The molecule has 2 amide bonds. The van der Waals surface area contributed by atoms with Crippen LogP contribution in [0.1, 0.15) is 17.3 Å². The molecular formula is C20H17FN2O4. The number of carbonyl (C=O) groups excluding carboxylic acids is 2. The normalized spacial score (nSPS) is 12.5. The lowest BCUT2D eigenvalue weighted by Crippen LogP contribution is -2.13. The van der Waals surface area contributed by atoms with Gasteiger partial charge in [-0.3, -0.25) is 9.59 Å². The minimum Gasteiger partial charge on any atom is -0.454 e. The molecule has 1 aliphatic heterocycles. The third-order valence-corrected chi connectivity index (χ3v) is 3.67. The highest BCUT2D eigenvalue weighted by molar-refractivity contribution is 6.05. The van der Waals surface area contributed by atoms with E-state index in [1.165, 1.54) is 24.3 Å². The van der Waals surface area contributed by atoms with Crippen LogP contribution in [0.4, 0.5) is 15.8 Å². The van der Waals surface area contributed by atoms with E-state index in [9.17, 15) is 14.0 Å². The predicted octanol–water partition coefficient (Wildman–Crippen LogP) is 3.88. The predicted molar refractivity (Wildman–Crippen MR) is 99.5 cm³/mol. The number of allylic oxidation sites excluding steroid dienone is 3. The highest BCUT2D eigenvalue weighted by Crippen LogP contribution is 2.32. The van der Waals surface area contributed by atoms with Gasteiger partial charge in [0.1, 0.15) is 5.82 Å². The number of hydrogen-bond donors (Lipinski definition) is 2. The summed E-state index contributed by atoms with van der Waals surface area (Å²) >= 11 is 0. The van der Waals surface area contributed by atoms with Crippen molar-refractivity contribution in [2.45, 2.75) is 6.92 Å². The minimum atomic E-state index is -0.608. The van der Waals surface area contributed by atoms with Gasteiger partial charge in [0.05, 0.1) is 5.69 Å². The second-order valence-corrected chi connectivity index (χ2v) is 5.59. The van der Waals surface area contributed by atoms with E-state index in [2.05, 4.69) is 10.6 Å². The summed E-state index contributed by atoms with van der Waals surface area (Å²) in [5, 5.41) is 5.09. The van der Waals surface area contributed by atoms with Crippen LogP contribution in [0.5, 0.6) is 11.5 Å². The van der Waals surface area contributed by atoms with Gasteiger partial charge < -0.3 is 20.1 Å². The molecule has 1 aliphatic rings. The lowest BCUT2D eigenvalue weighted by Gasteiger charge is -2.09. The first-order valence-corrected chi connectivity index (χ1v) is 8.17. The summed E-state index contributed by atoms with van der Waals surface area (Å²) in [4.78, 5) is 24.2. The van der Waals surface area contributed by atoms with Crippen molar-refractivity contribution in [2.24, 2.45) is 0 Å². The van der Waals surface area contributed by atoms with Crippen molar-refractivity contribution in [1.29, 1.82) is 0 Å². The number of anilines is 2. The molecule has 138 valence electrons. The van der Waals surface area contributed by atoms with Gasteiger partial charge in [-0.1, -0.05) is 18.2 Å². The standard InChI is InChI=1S/C20H17FN2O4/c1-2-3-4-5-19(24)23-16-11-14(7-8-15(16)21)22-20(25)13-6-9-17-18(10-13)27-12-26-17/h2-11H,12H2,1H3,(H,22,25)(H,23,24)/b3-2+,5-4+. The number of benzene rings is 2. The molecule has 0 unspecified atom stereocenters. The molecule has 27 heavy (non-hydrogen) atoms. The molecule has 0 fully saturated rings. The Hall–Kier alpha value is -3.61. The highest BCUT2D eigenvalue weighted by atomic mass is 19.1. The summed E-state index contributed by atoms with van der Waals surface area (Å²) in [5.41, 5.74) is 0.670. The zero-order chi connectivity index (χ0) is 19.2. The van der Waals surface area contributed by atoms with Crippen molar-refractivity contribution in [3.63, 3.8) is 0 Å². The van der Waals surface area contributed by atoms with E-state index in [4.69, 9.17) is 9.47 Å². The second kappa shape index (κ2) is 8.18. The number of rotatable bonds is 5. The Bertz CT molecular complexity index is 938. The van der Waals surface area contributed by atoms with Gasteiger partial charge in [-0.2, -0.15) is 0 Å². The van der Waals surface area contributed by atoms with E-state index in [0.29, 0.717) is 22.7 Å². The van der Waals surface area contributed by atoms with Crippen molar-refractivity contribution in [2.75, 3.05) is 17.4 Å². The van der Waals surface area contributed by atoms with Crippen molar-refractivity contribution < 1.29 is 23.5 Å². The summed E-state index contributed by atoms with van der Waals surface area (Å²) in [6, 6.07) is 8.73. The molecule has 0 spiro atoms. The Kier molecular flexibility index (Phi) is 5.51. The minimum absolute atomic E-state index is 0.0337. The number of nitrogens with one attached hydrogen (secondary N) is 2. The fraction of sp³-hybridized carbons (Fsp3) is 0.100.